The normalized spacial score (nSPS) is 15.6. The molecule has 0 aliphatic rings. The summed E-state index contributed by atoms with van der Waals surface area (Å²) in [4.78, 5) is 13.8. The molecule has 0 saturated carbocycles. The van der Waals surface area contributed by atoms with Gasteiger partial charge in [0.25, 0.3) is 5.91 Å². The van der Waals surface area contributed by atoms with Gasteiger partial charge in [0.15, 0.2) is 0 Å². The minimum Gasteiger partial charge on any atom is -0.293 e. The molecule has 16 heavy (non-hydrogen) atoms. The molecule has 3 N–H and O–H groups in total. The van der Waals surface area contributed by atoms with Crippen molar-refractivity contribution in [1.29, 1.82) is 0 Å². The van der Waals surface area contributed by atoms with Crippen LogP contribution in [-0.4, -0.2) is 29.9 Å². The molecule has 0 aliphatic heterocycles. The minimum atomic E-state index is -0.154. The highest BCUT2D eigenvalue weighted by Gasteiger charge is 2.28. The predicted molar refractivity (Wildman–Crippen MR) is 67.6 cm³/mol. The second-order valence-electron chi connectivity index (χ2n) is 5.34. The lowest BCUT2D eigenvalue weighted by Crippen LogP contribution is -2.53. The Morgan fingerprint density at radius 2 is 1.75 bits per heavy atom. The quantitative estimate of drug-likeness (QED) is 0.411. The Hall–Kier alpha value is -0.610. The summed E-state index contributed by atoms with van der Waals surface area (Å²) in [6, 6.07) is 0.225. The maximum absolute atomic E-state index is 11.7. The average Bonchev–Trinajstić information content (AvgIpc) is 2.15. The van der Waals surface area contributed by atoms with Gasteiger partial charge < -0.3 is 0 Å². The number of hydrogen-bond acceptors (Lipinski definition) is 3. The molecule has 0 aromatic carbocycles. The molecule has 0 fully saturated rings. The summed E-state index contributed by atoms with van der Waals surface area (Å²) in [5.74, 6) is 6.00. The van der Waals surface area contributed by atoms with Crippen LogP contribution in [0.5, 0.6) is 0 Å². The third kappa shape index (κ3) is 4.49. The average molecular weight is 229 g/mol. The van der Waals surface area contributed by atoms with Crippen molar-refractivity contribution in [1.82, 2.24) is 10.3 Å². The van der Waals surface area contributed by atoms with E-state index in [0.717, 1.165) is 6.42 Å². The van der Waals surface area contributed by atoms with Gasteiger partial charge in [0.05, 0.1) is 6.04 Å². The summed E-state index contributed by atoms with van der Waals surface area (Å²) in [7, 11) is 1.99. The van der Waals surface area contributed by atoms with E-state index in [0.29, 0.717) is 12.0 Å². The number of likely N-dealkylation sites (N-methyl/N-ethyl adjacent to an activating group) is 1. The number of hydrazine groups is 1. The molecule has 0 saturated heterocycles. The van der Waals surface area contributed by atoms with Crippen molar-refractivity contribution in [2.24, 2.45) is 17.7 Å². The topological polar surface area (TPSA) is 58.4 Å². The summed E-state index contributed by atoms with van der Waals surface area (Å²) in [6.45, 7) is 10.6. The Kier molecular flexibility index (Phi) is 6.60. The highest BCUT2D eigenvalue weighted by molar-refractivity contribution is 5.81. The van der Waals surface area contributed by atoms with Crippen molar-refractivity contribution >= 4 is 5.91 Å². The SMILES string of the molecule is CC(C)CC(C)N(C)C(C(=O)NN)C(C)C. The smallest absolute Gasteiger partial charge is 0.251 e. The molecule has 0 rings (SSSR count). The van der Waals surface area contributed by atoms with E-state index in [-0.39, 0.29) is 17.9 Å². The predicted octanol–water partition coefficient (Wildman–Crippen LogP) is 1.37. The Bertz CT molecular complexity index is 216. The van der Waals surface area contributed by atoms with Crippen LogP contribution >= 0.6 is 0 Å². The first kappa shape index (κ1) is 15.4. The van der Waals surface area contributed by atoms with Crippen LogP contribution in [0.1, 0.15) is 41.0 Å². The van der Waals surface area contributed by atoms with E-state index in [2.05, 4.69) is 31.1 Å². The second kappa shape index (κ2) is 6.86. The second-order valence-corrected chi connectivity index (χ2v) is 5.34. The van der Waals surface area contributed by atoms with Gasteiger partial charge in [-0.1, -0.05) is 27.7 Å². The molecule has 2 unspecified atom stereocenters. The van der Waals surface area contributed by atoms with Crippen molar-refractivity contribution in [3.63, 3.8) is 0 Å². The van der Waals surface area contributed by atoms with Gasteiger partial charge in [0.2, 0.25) is 0 Å². The first-order valence-corrected chi connectivity index (χ1v) is 6.03. The van der Waals surface area contributed by atoms with Gasteiger partial charge in [-0.05, 0) is 32.2 Å². The number of carbonyl (C=O) groups is 1. The fraction of sp³-hybridized carbons (Fsp3) is 0.917. The molecular weight excluding hydrogens is 202 g/mol. The number of carbonyl (C=O) groups excluding carboxylic acids is 1. The molecule has 0 aromatic heterocycles. The molecule has 4 heteroatoms. The zero-order chi connectivity index (χ0) is 12.9. The number of nitrogens with one attached hydrogen (secondary N) is 1. The van der Waals surface area contributed by atoms with E-state index in [1.54, 1.807) is 0 Å². The van der Waals surface area contributed by atoms with Crippen LogP contribution in [0.2, 0.25) is 0 Å². The standard InChI is InChI=1S/C12H27N3O/c1-8(2)7-10(5)15(6)11(9(3)4)12(16)14-13/h8-11H,7,13H2,1-6H3,(H,14,16). The summed E-state index contributed by atoms with van der Waals surface area (Å²) in [5.41, 5.74) is 2.25. The summed E-state index contributed by atoms with van der Waals surface area (Å²) in [5, 5.41) is 0. The number of amides is 1. The van der Waals surface area contributed by atoms with Crippen LogP contribution in [0.3, 0.4) is 0 Å². The van der Waals surface area contributed by atoms with Crippen LogP contribution in [-0.2, 0) is 4.79 Å². The maximum atomic E-state index is 11.7. The molecule has 0 aromatic rings. The molecule has 96 valence electrons. The zero-order valence-corrected chi connectivity index (χ0v) is 11.4. The van der Waals surface area contributed by atoms with Crippen LogP contribution in [0.15, 0.2) is 0 Å². The van der Waals surface area contributed by atoms with Gasteiger partial charge in [-0.2, -0.15) is 0 Å². The van der Waals surface area contributed by atoms with E-state index in [9.17, 15) is 4.79 Å². The van der Waals surface area contributed by atoms with Gasteiger partial charge in [-0.15, -0.1) is 0 Å². The fourth-order valence-corrected chi connectivity index (χ4v) is 2.17. The number of hydrogen-bond donors (Lipinski definition) is 2. The Morgan fingerprint density at radius 1 is 1.25 bits per heavy atom. The van der Waals surface area contributed by atoms with Gasteiger partial charge in [-0.25, -0.2) is 5.84 Å². The molecule has 0 heterocycles. The molecule has 1 amide bonds. The van der Waals surface area contributed by atoms with Crippen molar-refractivity contribution in [3.05, 3.63) is 0 Å². The monoisotopic (exact) mass is 229 g/mol. The van der Waals surface area contributed by atoms with Crippen LogP contribution in [0, 0.1) is 11.8 Å². The fourth-order valence-electron chi connectivity index (χ4n) is 2.17. The van der Waals surface area contributed by atoms with E-state index < -0.39 is 0 Å². The minimum absolute atomic E-state index is 0.104. The van der Waals surface area contributed by atoms with E-state index in [1.165, 1.54) is 0 Å². The largest absolute Gasteiger partial charge is 0.293 e. The number of nitrogens with zero attached hydrogens (tertiary/aromatic N) is 1. The van der Waals surface area contributed by atoms with Crippen LogP contribution < -0.4 is 11.3 Å². The Balaban J connectivity index is 4.60. The first-order valence-electron chi connectivity index (χ1n) is 6.03. The summed E-state index contributed by atoms with van der Waals surface area (Å²) < 4.78 is 0. The lowest BCUT2D eigenvalue weighted by Gasteiger charge is -2.35. The van der Waals surface area contributed by atoms with E-state index >= 15 is 0 Å². The Labute approximate surface area is 99.5 Å². The van der Waals surface area contributed by atoms with E-state index in [4.69, 9.17) is 5.84 Å². The first-order chi connectivity index (χ1) is 7.31. The highest BCUT2D eigenvalue weighted by atomic mass is 16.2. The molecule has 0 aliphatic carbocycles. The van der Waals surface area contributed by atoms with Gasteiger partial charge >= 0.3 is 0 Å². The number of nitrogens with two attached hydrogens (primary N) is 1. The van der Waals surface area contributed by atoms with Crippen molar-refractivity contribution in [2.75, 3.05) is 7.05 Å². The lowest BCUT2D eigenvalue weighted by atomic mass is 9.97. The van der Waals surface area contributed by atoms with Crippen LogP contribution in [0.4, 0.5) is 0 Å². The van der Waals surface area contributed by atoms with Crippen molar-refractivity contribution in [3.8, 4) is 0 Å². The molecule has 0 radical (unpaired) electrons. The molecule has 2 atom stereocenters. The van der Waals surface area contributed by atoms with Gasteiger partial charge in [0.1, 0.15) is 0 Å². The van der Waals surface area contributed by atoms with Crippen molar-refractivity contribution in [2.45, 2.75) is 53.1 Å². The zero-order valence-electron chi connectivity index (χ0n) is 11.4. The number of rotatable bonds is 6. The molecule has 0 spiro atoms. The summed E-state index contributed by atoms with van der Waals surface area (Å²) in [6.07, 6.45) is 1.08. The third-order valence-electron chi connectivity index (χ3n) is 2.99. The highest BCUT2D eigenvalue weighted by Crippen LogP contribution is 2.17. The molecular formula is C12H27N3O. The molecule has 4 nitrogen and oxygen atoms in total. The van der Waals surface area contributed by atoms with E-state index in [1.807, 2.05) is 20.9 Å². The van der Waals surface area contributed by atoms with Gasteiger partial charge in [-0.3, -0.25) is 15.1 Å². The summed E-state index contributed by atoms with van der Waals surface area (Å²) >= 11 is 0. The van der Waals surface area contributed by atoms with Crippen molar-refractivity contribution < 1.29 is 4.79 Å². The lowest BCUT2D eigenvalue weighted by molar-refractivity contribution is -0.128. The maximum Gasteiger partial charge on any atom is 0.251 e. The van der Waals surface area contributed by atoms with Gasteiger partial charge in [0, 0.05) is 6.04 Å². The van der Waals surface area contributed by atoms with Crippen LogP contribution in [0.25, 0.3) is 0 Å². The third-order valence-corrected chi connectivity index (χ3v) is 2.99. The Morgan fingerprint density at radius 3 is 2.06 bits per heavy atom. The molecule has 0 bridgehead atoms.